The molecule has 0 aliphatic carbocycles. The van der Waals surface area contributed by atoms with Crippen molar-refractivity contribution < 1.29 is 0 Å². The maximum atomic E-state index is 4.38. The van der Waals surface area contributed by atoms with E-state index in [1.165, 1.54) is 69.9 Å². The molecule has 158 valence electrons. The minimum atomic E-state index is 0.886. The molecular weight excluding hydrogens is 354 g/mol. The Morgan fingerprint density at radius 1 is 0.552 bits per heavy atom. The van der Waals surface area contributed by atoms with E-state index < -0.39 is 0 Å². The van der Waals surface area contributed by atoms with E-state index in [1.54, 1.807) is 0 Å². The van der Waals surface area contributed by atoms with Crippen molar-refractivity contribution in [3.05, 3.63) is 54.6 Å². The van der Waals surface area contributed by atoms with E-state index in [4.69, 9.17) is 0 Å². The summed E-state index contributed by atoms with van der Waals surface area (Å²) in [5.74, 6) is 0. The quantitative estimate of drug-likeness (QED) is 0.219. The summed E-state index contributed by atoms with van der Waals surface area (Å²) in [4.78, 5) is 2.57. The molecule has 0 unspecified atom stereocenters. The predicted octanol–water partition coefficient (Wildman–Crippen LogP) is 8.85. The summed E-state index contributed by atoms with van der Waals surface area (Å²) in [5.41, 5.74) is 3.11. The van der Waals surface area contributed by atoms with Gasteiger partial charge in [-0.2, -0.15) is 10.2 Å². The lowest BCUT2D eigenvalue weighted by molar-refractivity contribution is 0.589. The second-order valence-electron chi connectivity index (χ2n) is 7.87. The molecule has 0 spiro atoms. The minimum absolute atomic E-state index is 0.886. The van der Waals surface area contributed by atoms with Crippen LogP contribution in [-0.4, -0.2) is 13.1 Å². The highest BCUT2D eigenvalue weighted by atomic mass is 15.1. The summed E-state index contributed by atoms with van der Waals surface area (Å²) in [6, 6.07) is 18.5. The van der Waals surface area contributed by atoms with E-state index >= 15 is 0 Å². The van der Waals surface area contributed by atoms with Crippen LogP contribution in [0.4, 0.5) is 17.1 Å². The van der Waals surface area contributed by atoms with Crippen LogP contribution in [0.2, 0.25) is 0 Å². The number of hydrogen-bond acceptors (Lipinski definition) is 3. The molecule has 0 aliphatic rings. The minimum Gasteiger partial charge on any atom is -0.372 e. The lowest BCUT2D eigenvalue weighted by Crippen LogP contribution is -2.25. The molecule has 0 fully saturated rings. The second kappa shape index (κ2) is 14.8. The molecule has 0 saturated heterocycles. The third-order valence-electron chi connectivity index (χ3n) is 5.32. The number of unbranched alkanes of at least 4 members (excludes halogenated alkanes) is 8. The Bertz CT molecular complexity index is 650. The van der Waals surface area contributed by atoms with Crippen LogP contribution in [0.3, 0.4) is 0 Å². The van der Waals surface area contributed by atoms with Crippen LogP contribution in [0.15, 0.2) is 64.8 Å². The van der Waals surface area contributed by atoms with Crippen molar-refractivity contribution in [2.75, 3.05) is 18.0 Å². The van der Waals surface area contributed by atoms with Crippen LogP contribution in [0.25, 0.3) is 0 Å². The van der Waals surface area contributed by atoms with Crippen LogP contribution >= 0.6 is 0 Å². The third-order valence-corrected chi connectivity index (χ3v) is 5.32. The summed E-state index contributed by atoms with van der Waals surface area (Å²) in [7, 11) is 0. The molecule has 0 aromatic heterocycles. The van der Waals surface area contributed by atoms with E-state index in [0.29, 0.717) is 0 Å². The number of rotatable bonds is 15. The molecule has 3 heteroatoms. The van der Waals surface area contributed by atoms with E-state index in [-0.39, 0.29) is 0 Å². The highest BCUT2D eigenvalue weighted by molar-refractivity contribution is 5.53. The molecule has 3 nitrogen and oxygen atoms in total. The molecule has 0 N–H and O–H groups in total. The van der Waals surface area contributed by atoms with Gasteiger partial charge in [0.2, 0.25) is 0 Å². The van der Waals surface area contributed by atoms with Crippen molar-refractivity contribution in [3.63, 3.8) is 0 Å². The number of anilines is 1. The standard InChI is InChI=1S/C26H39N3/c1-3-5-7-9-14-22-29(23-15-10-8-6-4-2)26-20-18-25(19-21-26)28-27-24-16-12-11-13-17-24/h11-13,16-21H,3-10,14-15,22-23H2,1-2H3/b28-27+. The Balaban J connectivity index is 1.91. The zero-order valence-corrected chi connectivity index (χ0v) is 18.5. The van der Waals surface area contributed by atoms with Crippen LogP contribution in [0, 0.1) is 0 Å². The molecule has 0 bridgehead atoms. The van der Waals surface area contributed by atoms with Gasteiger partial charge < -0.3 is 4.90 Å². The van der Waals surface area contributed by atoms with E-state index in [0.717, 1.165) is 24.5 Å². The SMILES string of the molecule is CCCCCCCN(CCCCCCC)c1ccc(/N=N/c2ccccc2)cc1. The molecule has 0 atom stereocenters. The first-order valence-electron chi connectivity index (χ1n) is 11.6. The van der Waals surface area contributed by atoms with Gasteiger partial charge in [-0.3, -0.25) is 0 Å². The van der Waals surface area contributed by atoms with Crippen LogP contribution in [0.1, 0.15) is 78.1 Å². The summed E-state index contributed by atoms with van der Waals surface area (Å²) in [6.07, 6.45) is 13.3. The summed E-state index contributed by atoms with van der Waals surface area (Å²) >= 11 is 0. The molecule has 2 aromatic carbocycles. The normalized spacial score (nSPS) is 11.2. The van der Waals surface area contributed by atoms with Crippen molar-refractivity contribution in [2.45, 2.75) is 78.1 Å². The van der Waals surface area contributed by atoms with E-state index in [1.807, 2.05) is 30.3 Å². The molecule has 2 aromatic rings. The zero-order valence-electron chi connectivity index (χ0n) is 18.5. The molecule has 0 saturated carbocycles. The zero-order chi connectivity index (χ0) is 20.6. The van der Waals surface area contributed by atoms with Gasteiger partial charge in [-0.05, 0) is 49.2 Å². The van der Waals surface area contributed by atoms with Gasteiger partial charge in [-0.25, -0.2) is 0 Å². The first-order chi connectivity index (χ1) is 14.3. The van der Waals surface area contributed by atoms with Gasteiger partial charge in [0.15, 0.2) is 0 Å². The highest BCUT2D eigenvalue weighted by Gasteiger charge is 2.06. The number of nitrogens with zero attached hydrogens (tertiary/aromatic N) is 3. The number of hydrogen-bond donors (Lipinski definition) is 0. The van der Waals surface area contributed by atoms with Crippen molar-refractivity contribution in [1.82, 2.24) is 0 Å². The fraction of sp³-hybridized carbons (Fsp3) is 0.538. The fourth-order valence-corrected chi connectivity index (χ4v) is 3.52. The van der Waals surface area contributed by atoms with Gasteiger partial charge in [0.1, 0.15) is 0 Å². The summed E-state index contributed by atoms with van der Waals surface area (Å²) in [5, 5.41) is 8.69. The first-order valence-corrected chi connectivity index (χ1v) is 11.6. The maximum Gasteiger partial charge on any atom is 0.0858 e. The van der Waals surface area contributed by atoms with E-state index in [9.17, 15) is 0 Å². The Morgan fingerprint density at radius 3 is 1.55 bits per heavy atom. The molecule has 29 heavy (non-hydrogen) atoms. The maximum absolute atomic E-state index is 4.38. The largest absolute Gasteiger partial charge is 0.372 e. The van der Waals surface area contributed by atoms with Gasteiger partial charge in [-0.15, -0.1) is 0 Å². The monoisotopic (exact) mass is 393 g/mol. The topological polar surface area (TPSA) is 28.0 Å². The Kier molecular flexibility index (Phi) is 11.8. The lowest BCUT2D eigenvalue weighted by Gasteiger charge is -2.25. The van der Waals surface area contributed by atoms with Crippen LogP contribution in [0.5, 0.6) is 0 Å². The van der Waals surface area contributed by atoms with Gasteiger partial charge in [0.25, 0.3) is 0 Å². The van der Waals surface area contributed by atoms with Gasteiger partial charge in [0, 0.05) is 18.8 Å². The average molecular weight is 394 g/mol. The van der Waals surface area contributed by atoms with Gasteiger partial charge in [0.05, 0.1) is 11.4 Å². The molecule has 0 radical (unpaired) electrons. The van der Waals surface area contributed by atoms with Crippen LogP contribution < -0.4 is 4.90 Å². The van der Waals surface area contributed by atoms with Crippen molar-refractivity contribution in [1.29, 1.82) is 0 Å². The average Bonchev–Trinajstić information content (AvgIpc) is 2.77. The summed E-state index contributed by atoms with van der Waals surface area (Å²) < 4.78 is 0. The van der Waals surface area contributed by atoms with Crippen molar-refractivity contribution in [2.24, 2.45) is 10.2 Å². The van der Waals surface area contributed by atoms with Crippen LogP contribution in [-0.2, 0) is 0 Å². The predicted molar refractivity (Wildman–Crippen MR) is 127 cm³/mol. The molecule has 0 heterocycles. The number of benzene rings is 2. The fourth-order valence-electron chi connectivity index (χ4n) is 3.52. The molecule has 0 amide bonds. The van der Waals surface area contributed by atoms with Gasteiger partial charge >= 0.3 is 0 Å². The van der Waals surface area contributed by atoms with Crippen molar-refractivity contribution in [3.8, 4) is 0 Å². The highest BCUT2D eigenvalue weighted by Crippen LogP contribution is 2.23. The molecule has 2 rings (SSSR count). The van der Waals surface area contributed by atoms with Gasteiger partial charge in [-0.1, -0.05) is 83.4 Å². The molecular formula is C26H39N3. The Hall–Kier alpha value is -2.16. The lowest BCUT2D eigenvalue weighted by atomic mass is 10.1. The van der Waals surface area contributed by atoms with E-state index in [2.05, 4.69) is 53.2 Å². The third kappa shape index (κ3) is 9.74. The van der Waals surface area contributed by atoms with Crippen molar-refractivity contribution >= 4 is 17.1 Å². The smallest absolute Gasteiger partial charge is 0.0858 e. The second-order valence-corrected chi connectivity index (χ2v) is 7.87. The Labute approximate surface area is 178 Å². The first kappa shape index (κ1) is 23.1. The Morgan fingerprint density at radius 2 is 1.03 bits per heavy atom. The summed E-state index contributed by atoms with van der Waals surface area (Å²) in [6.45, 7) is 6.86. The molecule has 0 aliphatic heterocycles. The number of azo groups is 1.